The van der Waals surface area contributed by atoms with Crippen LogP contribution in [0.5, 0.6) is 0 Å². The normalized spacial score (nSPS) is 10.8. The van der Waals surface area contributed by atoms with Gasteiger partial charge in [-0.05, 0) is 0 Å². The van der Waals surface area contributed by atoms with Crippen molar-refractivity contribution in [2.75, 3.05) is 23.7 Å². The average Bonchev–Trinajstić information content (AvgIpc) is 2.60. The molecule has 0 saturated carbocycles. The third-order valence-electron chi connectivity index (χ3n) is 1.88. The van der Waals surface area contributed by atoms with Crippen molar-refractivity contribution in [3.8, 4) is 0 Å². The fourth-order valence-corrected chi connectivity index (χ4v) is 1.19. The lowest BCUT2D eigenvalue weighted by Gasteiger charge is -2.17. The smallest absolute Gasteiger partial charge is 0.224 e. The molecule has 0 fully saturated rings. The van der Waals surface area contributed by atoms with E-state index < -0.39 is 0 Å². The zero-order valence-corrected chi connectivity index (χ0v) is 8.05. The van der Waals surface area contributed by atoms with E-state index in [1.165, 1.54) is 16.2 Å². The van der Waals surface area contributed by atoms with Gasteiger partial charge in [-0.2, -0.15) is 19.9 Å². The van der Waals surface area contributed by atoms with Crippen molar-refractivity contribution in [2.24, 2.45) is 5.84 Å². The number of nitrogen functional groups attached to an aromatic ring is 2. The second-order valence-electron chi connectivity index (χ2n) is 2.80. The van der Waals surface area contributed by atoms with Gasteiger partial charge in [0.05, 0.1) is 0 Å². The van der Waals surface area contributed by atoms with E-state index in [0.29, 0.717) is 11.2 Å². The van der Waals surface area contributed by atoms with Gasteiger partial charge in [0, 0.05) is 7.05 Å². The summed E-state index contributed by atoms with van der Waals surface area (Å²) in [4.78, 5) is 11.8. The highest BCUT2D eigenvalue weighted by atomic mass is 15.9. The average molecular weight is 209 g/mol. The second-order valence-corrected chi connectivity index (χ2v) is 2.80. The van der Waals surface area contributed by atoms with Gasteiger partial charge in [0.1, 0.15) is 6.33 Å². The van der Waals surface area contributed by atoms with Crippen molar-refractivity contribution in [1.82, 2.24) is 25.1 Å². The predicted molar refractivity (Wildman–Crippen MR) is 55.6 cm³/mol. The molecule has 0 amide bonds. The molecule has 15 heavy (non-hydrogen) atoms. The summed E-state index contributed by atoms with van der Waals surface area (Å²) in [5.41, 5.74) is 14.7. The third kappa shape index (κ3) is 1.39. The number of imidazole rings is 1. The zero-order valence-electron chi connectivity index (χ0n) is 8.05. The summed E-state index contributed by atoms with van der Waals surface area (Å²) in [7, 11) is 1.65. The Morgan fingerprint density at radius 1 is 1.40 bits per heavy atom. The van der Waals surface area contributed by atoms with Gasteiger partial charge in [-0.15, -0.1) is 0 Å². The minimum absolute atomic E-state index is 0.0752. The number of anilines is 2. The maximum absolute atomic E-state index is 5.63. The van der Waals surface area contributed by atoms with Gasteiger partial charge >= 0.3 is 0 Å². The lowest BCUT2D eigenvalue weighted by atomic mass is 10.5. The summed E-state index contributed by atoms with van der Waals surface area (Å²) in [6.07, 6.45) is 1.46. The van der Waals surface area contributed by atoms with Crippen LogP contribution in [0.2, 0.25) is 0 Å². The quantitative estimate of drug-likeness (QED) is 0.327. The van der Waals surface area contributed by atoms with Gasteiger partial charge in [0.15, 0.2) is 17.0 Å². The molecule has 2 aromatic rings. The molecule has 0 saturated heterocycles. The second kappa shape index (κ2) is 3.22. The molecule has 0 spiro atoms. The SMILES string of the molecule is CNN(N)n1cnc2c(N)nc(N)nc21. The topological polar surface area (TPSA) is 137 Å². The number of hydrogen-bond acceptors (Lipinski definition) is 8. The number of fused-ring (bicyclic) bond motifs is 1. The van der Waals surface area contributed by atoms with Crippen LogP contribution >= 0.6 is 0 Å². The highest BCUT2D eigenvalue weighted by Crippen LogP contribution is 2.15. The molecule has 9 heteroatoms. The number of hydrogen-bond donors (Lipinski definition) is 4. The number of rotatable bonds is 2. The van der Waals surface area contributed by atoms with E-state index in [4.69, 9.17) is 17.3 Å². The molecule has 0 unspecified atom stereocenters. The Labute approximate surface area is 84.8 Å². The Bertz CT molecular complexity index is 489. The van der Waals surface area contributed by atoms with Crippen molar-refractivity contribution in [2.45, 2.75) is 0 Å². The fourth-order valence-electron chi connectivity index (χ4n) is 1.19. The number of nitrogens with one attached hydrogen (secondary N) is 1. The van der Waals surface area contributed by atoms with Gasteiger partial charge < -0.3 is 11.5 Å². The number of aromatic nitrogens is 4. The van der Waals surface area contributed by atoms with Crippen LogP contribution in [0, 0.1) is 0 Å². The van der Waals surface area contributed by atoms with E-state index in [9.17, 15) is 0 Å². The first-order chi connectivity index (χ1) is 7.13. The molecule has 2 aromatic heterocycles. The molecule has 80 valence electrons. The molecular weight excluding hydrogens is 198 g/mol. The largest absolute Gasteiger partial charge is 0.382 e. The van der Waals surface area contributed by atoms with E-state index in [2.05, 4.69) is 20.4 Å². The zero-order chi connectivity index (χ0) is 11.0. The van der Waals surface area contributed by atoms with Gasteiger partial charge in [0.2, 0.25) is 5.95 Å². The van der Waals surface area contributed by atoms with Crippen LogP contribution in [0.3, 0.4) is 0 Å². The van der Waals surface area contributed by atoms with Crippen molar-refractivity contribution >= 4 is 22.9 Å². The van der Waals surface area contributed by atoms with E-state index in [1.54, 1.807) is 7.05 Å². The molecule has 7 N–H and O–H groups in total. The summed E-state index contributed by atoms with van der Waals surface area (Å²) in [6.45, 7) is 0. The molecule has 0 aliphatic rings. The molecule has 0 aromatic carbocycles. The maximum Gasteiger partial charge on any atom is 0.224 e. The Morgan fingerprint density at radius 3 is 2.80 bits per heavy atom. The summed E-state index contributed by atoms with van der Waals surface area (Å²) in [6, 6.07) is 0. The first-order valence-electron chi connectivity index (χ1n) is 4.12. The van der Waals surface area contributed by atoms with Crippen molar-refractivity contribution in [1.29, 1.82) is 0 Å². The van der Waals surface area contributed by atoms with Gasteiger partial charge in [-0.25, -0.2) is 16.3 Å². The third-order valence-corrected chi connectivity index (χ3v) is 1.88. The van der Waals surface area contributed by atoms with Crippen LogP contribution < -0.4 is 28.0 Å². The van der Waals surface area contributed by atoms with E-state index >= 15 is 0 Å². The molecule has 2 heterocycles. The van der Waals surface area contributed by atoms with Gasteiger partial charge in [-0.3, -0.25) is 0 Å². The Balaban J connectivity index is 2.68. The van der Waals surface area contributed by atoms with Crippen LogP contribution in [-0.4, -0.2) is 26.7 Å². The highest BCUT2D eigenvalue weighted by Gasteiger charge is 2.11. The molecule has 2 rings (SSSR count). The van der Waals surface area contributed by atoms with Gasteiger partial charge in [-0.1, -0.05) is 0 Å². The van der Waals surface area contributed by atoms with Crippen molar-refractivity contribution in [3.63, 3.8) is 0 Å². The van der Waals surface area contributed by atoms with E-state index in [1.807, 2.05) is 0 Å². The first kappa shape index (κ1) is 9.43. The summed E-state index contributed by atoms with van der Waals surface area (Å²) in [5.74, 6) is 5.91. The molecule has 0 bridgehead atoms. The monoisotopic (exact) mass is 209 g/mol. The minimum Gasteiger partial charge on any atom is -0.382 e. The molecule has 0 radical (unpaired) electrons. The van der Waals surface area contributed by atoms with E-state index in [0.717, 1.165) is 0 Å². The van der Waals surface area contributed by atoms with Crippen LogP contribution in [0.15, 0.2) is 6.33 Å². The van der Waals surface area contributed by atoms with Crippen molar-refractivity contribution < 1.29 is 0 Å². The van der Waals surface area contributed by atoms with Crippen LogP contribution in [-0.2, 0) is 0 Å². The number of hydrazine groups is 2. The number of nitrogens with zero attached hydrogens (tertiary/aromatic N) is 5. The summed E-state index contributed by atoms with van der Waals surface area (Å²) >= 11 is 0. The lowest BCUT2D eigenvalue weighted by Crippen LogP contribution is -2.49. The molecular formula is C6H11N9. The standard InChI is InChI=1S/C6H11N9/c1-10-15(9)14-2-11-3-4(7)12-6(8)13-5(3)14/h2,10H,9H2,1H3,(H4,7,8,12,13). The van der Waals surface area contributed by atoms with E-state index in [-0.39, 0.29) is 11.8 Å². The molecule has 0 aliphatic carbocycles. The first-order valence-corrected chi connectivity index (χ1v) is 4.12. The van der Waals surface area contributed by atoms with Crippen LogP contribution in [0.25, 0.3) is 11.2 Å². The molecule has 9 nitrogen and oxygen atoms in total. The predicted octanol–water partition coefficient (Wildman–Crippen LogP) is -2.06. The van der Waals surface area contributed by atoms with Crippen LogP contribution in [0.1, 0.15) is 0 Å². The summed E-state index contributed by atoms with van der Waals surface area (Å²) in [5, 5.41) is 1.20. The number of nitrogens with two attached hydrogens (primary N) is 3. The maximum atomic E-state index is 5.63. The lowest BCUT2D eigenvalue weighted by molar-refractivity contribution is 0.543. The van der Waals surface area contributed by atoms with Gasteiger partial charge in [0.25, 0.3) is 0 Å². The minimum atomic E-state index is 0.0752. The Kier molecular flexibility index (Phi) is 2.02. The fraction of sp³-hybridized carbons (Fsp3) is 0.167. The Morgan fingerprint density at radius 2 is 2.13 bits per heavy atom. The molecule has 0 aliphatic heterocycles. The highest BCUT2D eigenvalue weighted by molar-refractivity contribution is 5.82. The van der Waals surface area contributed by atoms with Crippen molar-refractivity contribution in [3.05, 3.63) is 6.33 Å². The molecule has 0 atom stereocenters. The van der Waals surface area contributed by atoms with Crippen LogP contribution in [0.4, 0.5) is 11.8 Å². The Hall–Kier alpha value is -2.13. The summed E-state index contributed by atoms with van der Waals surface area (Å²) < 4.78 is 1.46.